The van der Waals surface area contributed by atoms with Gasteiger partial charge in [0.2, 0.25) is 0 Å². The van der Waals surface area contributed by atoms with Crippen LogP contribution in [-0.4, -0.2) is 9.55 Å². The molecule has 2 aliphatic carbocycles. The molecule has 0 amide bonds. The van der Waals surface area contributed by atoms with Gasteiger partial charge in [-0.1, -0.05) is 140 Å². The SMILES string of the molecule is O=c1c2cc(-c3ccc4c(c3)C3(c5ccccc5-c5ccccc53)c3ccccc3-4)ccc2nc(-c2ccccc2)n1-c1ccccc1. The summed E-state index contributed by atoms with van der Waals surface area (Å²) in [6, 6.07) is 59.2. The topological polar surface area (TPSA) is 34.9 Å². The standard InChI is InChI=1S/C45H28N2O/c48-44-37-27-30(24-26-42(37)46-43(29-13-3-1-4-14-29)47(44)32-15-5-2-6-16-32)31-23-25-36-35-19-9-12-22-40(35)45(41(36)28-31)38-20-10-7-17-33(38)34-18-8-11-21-39(34)45/h1-28H. The molecule has 8 aromatic rings. The van der Waals surface area contributed by atoms with E-state index in [9.17, 15) is 4.79 Å². The summed E-state index contributed by atoms with van der Waals surface area (Å²) >= 11 is 0. The number of para-hydroxylation sites is 1. The number of fused-ring (bicyclic) bond motifs is 11. The third-order valence-corrected chi connectivity index (χ3v) is 10.2. The van der Waals surface area contributed by atoms with Gasteiger partial charge in [0.1, 0.15) is 5.82 Å². The van der Waals surface area contributed by atoms with Crippen LogP contribution in [0, 0.1) is 0 Å². The van der Waals surface area contributed by atoms with Gasteiger partial charge >= 0.3 is 0 Å². The molecule has 3 nitrogen and oxygen atoms in total. The molecule has 0 bridgehead atoms. The molecular weight excluding hydrogens is 585 g/mol. The first-order chi connectivity index (χ1) is 23.7. The second-order valence-electron chi connectivity index (χ2n) is 12.7. The lowest BCUT2D eigenvalue weighted by Gasteiger charge is -2.30. The van der Waals surface area contributed by atoms with Crippen LogP contribution in [0.2, 0.25) is 0 Å². The van der Waals surface area contributed by atoms with Gasteiger partial charge in [-0.15, -0.1) is 0 Å². The van der Waals surface area contributed by atoms with E-state index in [4.69, 9.17) is 4.98 Å². The van der Waals surface area contributed by atoms with Gasteiger partial charge in [-0.2, -0.15) is 0 Å². The Balaban J connectivity index is 1.21. The summed E-state index contributed by atoms with van der Waals surface area (Å²) in [5.74, 6) is 0.628. The van der Waals surface area contributed by atoms with Crippen LogP contribution in [0.1, 0.15) is 22.3 Å². The highest BCUT2D eigenvalue weighted by Gasteiger charge is 2.51. The number of rotatable bonds is 3. The number of nitrogens with zero attached hydrogens (tertiary/aromatic N) is 2. The molecule has 2 aliphatic rings. The molecule has 0 saturated carbocycles. The van der Waals surface area contributed by atoms with Crippen molar-refractivity contribution in [3.8, 4) is 50.5 Å². The molecule has 0 aliphatic heterocycles. The van der Waals surface area contributed by atoms with E-state index in [1.807, 2.05) is 72.8 Å². The van der Waals surface area contributed by atoms with Crippen molar-refractivity contribution in [2.24, 2.45) is 0 Å². The maximum Gasteiger partial charge on any atom is 0.266 e. The fraction of sp³-hybridized carbons (Fsp3) is 0.0222. The van der Waals surface area contributed by atoms with Gasteiger partial charge < -0.3 is 0 Å². The van der Waals surface area contributed by atoms with Crippen LogP contribution in [-0.2, 0) is 5.41 Å². The summed E-state index contributed by atoms with van der Waals surface area (Å²) in [6.45, 7) is 0. The van der Waals surface area contributed by atoms with Crippen molar-refractivity contribution in [3.05, 3.63) is 202 Å². The van der Waals surface area contributed by atoms with Gasteiger partial charge in [0.25, 0.3) is 5.56 Å². The number of benzene rings is 7. The van der Waals surface area contributed by atoms with Gasteiger partial charge in [-0.25, -0.2) is 4.98 Å². The summed E-state index contributed by atoms with van der Waals surface area (Å²) in [7, 11) is 0. The summed E-state index contributed by atoms with van der Waals surface area (Å²) in [5.41, 5.74) is 14.2. The average Bonchev–Trinajstić information content (AvgIpc) is 3.62. The van der Waals surface area contributed by atoms with E-state index in [1.54, 1.807) is 4.57 Å². The Bertz CT molecular complexity index is 2570. The van der Waals surface area contributed by atoms with E-state index in [0.717, 1.165) is 22.4 Å². The van der Waals surface area contributed by atoms with Gasteiger partial charge in [0.05, 0.1) is 22.0 Å². The minimum Gasteiger partial charge on any atom is -0.268 e. The van der Waals surface area contributed by atoms with Crippen molar-refractivity contribution in [2.75, 3.05) is 0 Å². The zero-order valence-corrected chi connectivity index (χ0v) is 26.0. The second-order valence-corrected chi connectivity index (χ2v) is 12.7. The number of hydrogen-bond donors (Lipinski definition) is 0. The van der Waals surface area contributed by atoms with Crippen molar-refractivity contribution >= 4 is 10.9 Å². The molecule has 0 radical (unpaired) electrons. The van der Waals surface area contributed by atoms with Crippen LogP contribution in [0.4, 0.5) is 0 Å². The highest BCUT2D eigenvalue weighted by molar-refractivity contribution is 5.96. The lowest BCUT2D eigenvalue weighted by molar-refractivity contribution is 0.794. The quantitative estimate of drug-likeness (QED) is 0.199. The van der Waals surface area contributed by atoms with E-state index < -0.39 is 5.41 Å². The van der Waals surface area contributed by atoms with Crippen LogP contribution in [0.25, 0.3) is 61.4 Å². The molecule has 1 spiro atoms. The average molecular weight is 613 g/mol. The fourth-order valence-corrected chi connectivity index (χ4v) is 8.24. The zero-order chi connectivity index (χ0) is 31.8. The molecule has 48 heavy (non-hydrogen) atoms. The molecule has 3 heteroatoms. The minimum absolute atomic E-state index is 0.0874. The smallest absolute Gasteiger partial charge is 0.266 e. The normalized spacial score (nSPS) is 13.2. The molecular formula is C45H28N2O. The first-order valence-corrected chi connectivity index (χ1v) is 16.4. The van der Waals surface area contributed by atoms with Gasteiger partial charge in [0.15, 0.2) is 0 Å². The van der Waals surface area contributed by atoms with Crippen molar-refractivity contribution in [1.29, 1.82) is 0 Å². The van der Waals surface area contributed by atoms with Gasteiger partial charge in [0, 0.05) is 5.56 Å². The van der Waals surface area contributed by atoms with Crippen LogP contribution in [0.5, 0.6) is 0 Å². The molecule has 10 rings (SSSR count). The van der Waals surface area contributed by atoms with Crippen LogP contribution in [0.15, 0.2) is 175 Å². The third-order valence-electron chi connectivity index (χ3n) is 10.2. The molecule has 1 heterocycles. The predicted octanol–water partition coefficient (Wildman–Crippen LogP) is 10.1. The maximum atomic E-state index is 14.4. The highest BCUT2D eigenvalue weighted by Crippen LogP contribution is 2.63. The number of hydrogen-bond acceptors (Lipinski definition) is 2. The van der Waals surface area contributed by atoms with Gasteiger partial charge in [-0.3, -0.25) is 9.36 Å². The Morgan fingerprint density at radius 2 is 0.938 bits per heavy atom. The van der Waals surface area contributed by atoms with Crippen molar-refractivity contribution < 1.29 is 0 Å². The molecule has 0 atom stereocenters. The highest BCUT2D eigenvalue weighted by atomic mass is 16.1. The summed E-state index contributed by atoms with van der Waals surface area (Å²) < 4.78 is 1.74. The Morgan fingerprint density at radius 1 is 0.438 bits per heavy atom. The second kappa shape index (κ2) is 10.1. The molecule has 1 aromatic heterocycles. The van der Waals surface area contributed by atoms with Crippen LogP contribution in [0.3, 0.4) is 0 Å². The lowest BCUT2D eigenvalue weighted by Crippen LogP contribution is -2.25. The van der Waals surface area contributed by atoms with Crippen molar-refractivity contribution in [2.45, 2.75) is 5.41 Å². The summed E-state index contributed by atoms with van der Waals surface area (Å²) in [4.78, 5) is 19.5. The van der Waals surface area contributed by atoms with E-state index in [0.29, 0.717) is 16.7 Å². The zero-order valence-electron chi connectivity index (χ0n) is 26.0. The first-order valence-electron chi connectivity index (χ1n) is 16.4. The molecule has 0 saturated heterocycles. The monoisotopic (exact) mass is 612 g/mol. The molecule has 224 valence electrons. The summed E-state index contributed by atoms with van der Waals surface area (Å²) in [5, 5.41) is 0.589. The molecule has 0 unspecified atom stereocenters. The Kier molecular flexibility index (Phi) is 5.64. The molecule has 7 aromatic carbocycles. The Morgan fingerprint density at radius 3 is 1.56 bits per heavy atom. The Hall–Kier alpha value is -6.32. The van der Waals surface area contributed by atoms with Crippen LogP contribution < -0.4 is 5.56 Å². The minimum atomic E-state index is -0.419. The molecule has 0 fully saturated rings. The fourth-order valence-electron chi connectivity index (χ4n) is 8.24. The van der Waals surface area contributed by atoms with Gasteiger partial charge in [-0.05, 0) is 86.0 Å². The summed E-state index contributed by atoms with van der Waals surface area (Å²) in [6.07, 6.45) is 0. The van der Waals surface area contributed by atoms with Crippen molar-refractivity contribution in [1.82, 2.24) is 9.55 Å². The van der Waals surface area contributed by atoms with E-state index in [-0.39, 0.29) is 5.56 Å². The number of aromatic nitrogens is 2. The van der Waals surface area contributed by atoms with E-state index >= 15 is 0 Å². The Labute approximate surface area is 278 Å². The largest absolute Gasteiger partial charge is 0.268 e. The lowest BCUT2D eigenvalue weighted by atomic mass is 9.70. The van der Waals surface area contributed by atoms with Crippen LogP contribution >= 0.6 is 0 Å². The third kappa shape index (κ3) is 3.59. The predicted molar refractivity (Wildman–Crippen MR) is 195 cm³/mol. The maximum absolute atomic E-state index is 14.4. The van der Waals surface area contributed by atoms with E-state index in [2.05, 4.69) is 97.1 Å². The first kappa shape index (κ1) is 26.9. The van der Waals surface area contributed by atoms with Crippen molar-refractivity contribution in [3.63, 3.8) is 0 Å². The molecule has 0 N–H and O–H groups in total. The van der Waals surface area contributed by atoms with E-state index in [1.165, 1.54) is 44.5 Å².